The van der Waals surface area contributed by atoms with E-state index in [1.807, 2.05) is 31.2 Å². The maximum absolute atomic E-state index is 5.01. The van der Waals surface area contributed by atoms with Crippen molar-refractivity contribution in [1.29, 1.82) is 0 Å². The van der Waals surface area contributed by atoms with Crippen molar-refractivity contribution in [3.05, 3.63) is 41.7 Å². The van der Waals surface area contributed by atoms with Crippen LogP contribution in [-0.2, 0) is 14.5 Å². The van der Waals surface area contributed by atoms with Gasteiger partial charge in [0.1, 0.15) is 6.61 Å². The molecular weight excluding hydrogens is 192 g/mol. The summed E-state index contributed by atoms with van der Waals surface area (Å²) in [4.78, 5) is 9.49. The molecule has 0 spiro atoms. The van der Waals surface area contributed by atoms with E-state index in [0.29, 0.717) is 6.61 Å². The first kappa shape index (κ1) is 11.8. The van der Waals surface area contributed by atoms with Crippen molar-refractivity contribution in [3.8, 4) is 0 Å². The summed E-state index contributed by atoms with van der Waals surface area (Å²) < 4.78 is 5.01. The van der Waals surface area contributed by atoms with Crippen LogP contribution < -0.4 is 0 Å². The highest BCUT2D eigenvalue weighted by molar-refractivity contribution is 5.67. The van der Waals surface area contributed by atoms with Gasteiger partial charge in [0.05, 0.1) is 20.5 Å². The second-order valence-corrected chi connectivity index (χ2v) is 3.12. The van der Waals surface area contributed by atoms with E-state index in [1.54, 1.807) is 13.4 Å². The van der Waals surface area contributed by atoms with Crippen LogP contribution >= 0.6 is 0 Å². The highest BCUT2D eigenvalue weighted by atomic mass is 17.2. The number of methoxy groups -OCH3 is 1. The average molecular weight is 208 g/mol. The molecule has 0 radical (unpaired) electrons. The molecule has 0 aliphatic heterocycles. The van der Waals surface area contributed by atoms with Gasteiger partial charge in [-0.05, 0) is 18.1 Å². The molecule has 82 valence electrons. The fraction of sp³-hybridized carbons (Fsp3) is 0.333. The number of rotatable bonds is 5. The minimum Gasteiger partial charge on any atom is -0.504 e. The van der Waals surface area contributed by atoms with Gasteiger partial charge >= 0.3 is 0 Å². The molecule has 0 fully saturated rings. The molecule has 0 saturated heterocycles. The Kier molecular flexibility index (Phi) is 4.87. The van der Waals surface area contributed by atoms with Gasteiger partial charge in [-0.25, -0.2) is 9.78 Å². The fourth-order valence-electron chi connectivity index (χ4n) is 1.37. The molecule has 0 bridgehead atoms. The molecule has 0 unspecified atom stereocenters. The van der Waals surface area contributed by atoms with E-state index >= 15 is 0 Å². The van der Waals surface area contributed by atoms with E-state index < -0.39 is 0 Å². The van der Waals surface area contributed by atoms with E-state index in [4.69, 9.17) is 9.62 Å². The molecule has 0 aliphatic rings. The lowest BCUT2D eigenvalue weighted by atomic mass is 10.0. The van der Waals surface area contributed by atoms with Crippen LogP contribution in [0.2, 0.25) is 0 Å². The predicted octanol–water partition coefficient (Wildman–Crippen LogP) is 2.56. The zero-order valence-electron chi connectivity index (χ0n) is 9.32. The summed E-state index contributed by atoms with van der Waals surface area (Å²) in [5, 5.41) is 0. The number of benzene rings is 1. The van der Waals surface area contributed by atoms with Crippen LogP contribution in [0.5, 0.6) is 0 Å². The number of aryl methyl sites for hydroxylation is 1. The topological polar surface area (TPSA) is 27.7 Å². The molecule has 3 heteroatoms. The smallest absolute Gasteiger partial charge is 0.111 e. The number of ether oxygens (including phenoxy) is 1. The second-order valence-electron chi connectivity index (χ2n) is 3.12. The minimum absolute atomic E-state index is 0.370. The van der Waals surface area contributed by atoms with Crippen molar-refractivity contribution in [2.45, 2.75) is 6.92 Å². The Balaban J connectivity index is 2.89. The van der Waals surface area contributed by atoms with Gasteiger partial charge in [0.2, 0.25) is 0 Å². The van der Waals surface area contributed by atoms with Gasteiger partial charge in [0.25, 0.3) is 0 Å². The molecule has 0 amide bonds. The van der Waals surface area contributed by atoms with E-state index in [1.165, 1.54) is 12.7 Å². The summed E-state index contributed by atoms with van der Waals surface area (Å²) in [5.41, 5.74) is 3.24. The van der Waals surface area contributed by atoms with E-state index in [-0.39, 0.29) is 0 Å². The molecule has 1 rings (SSSR count). The van der Waals surface area contributed by atoms with E-state index in [9.17, 15) is 0 Å². The fourth-order valence-corrected chi connectivity index (χ4v) is 1.37. The van der Waals surface area contributed by atoms with Crippen molar-refractivity contribution in [2.24, 2.45) is 0 Å². The molecule has 0 atom stereocenters. The summed E-state index contributed by atoms with van der Waals surface area (Å²) >= 11 is 0. The third-order valence-corrected chi connectivity index (χ3v) is 2.08. The third kappa shape index (κ3) is 3.38. The molecule has 0 aromatic heterocycles. The largest absolute Gasteiger partial charge is 0.504 e. The Morgan fingerprint density at radius 3 is 2.60 bits per heavy atom. The maximum atomic E-state index is 5.01. The summed E-state index contributed by atoms with van der Waals surface area (Å²) in [6, 6.07) is 8.06. The van der Waals surface area contributed by atoms with Crippen LogP contribution in [0, 0.1) is 6.92 Å². The van der Waals surface area contributed by atoms with Crippen LogP contribution in [0.25, 0.3) is 5.57 Å². The quantitative estimate of drug-likeness (QED) is 0.423. The Morgan fingerprint density at radius 1 is 1.27 bits per heavy atom. The summed E-state index contributed by atoms with van der Waals surface area (Å²) in [7, 11) is 3.10. The zero-order chi connectivity index (χ0) is 11.1. The minimum atomic E-state index is 0.370. The van der Waals surface area contributed by atoms with Crippen LogP contribution in [0.4, 0.5) is 0 Å². The highest BCUT2D eigenvalue weighted by Crippen LogP contribution is 2.18. The van der Waals surface area contributed by atoms with E-state index in [2.05, 4.69) is 4.89 Å². The second kappa shape index (κ2) is 6.22. The number of hydrogen-bond donors (Lipinski definition) is 0. The molecule has 3 nitrogen and oxygen atoms in total. The Hall–Kier alpha value is -1.32. The SMILES string of the molecule is COC=C(COOC)c1ccccc1C. The van der Waals surface area contributed by atoms with Gasteiger partial charge in [-0.2, -0.15) is 0 Å². The molecule has 1 aromatic rings. The molecule has 0 aliphatic carbocycles. The Morgan fingerprint density at radius 2 is 2.00 bits per heavy atom. The first-order chi connectivity index (χ1) is 7.29. The number of hydrogen-bond acceptors (Lipinski definition) is 3. The Labute approximate surface area is 90.2 Å². The first-order valence-electron chi connectivity index (χ1n) is 4.73. The standard InChI is InChI=1S/C12H16O3/c1-10-6-4-5-7-12(10)11(8-13-2)9-15-14-3/h4-8H,9H2,1-3H3. The van der Waals surface area contributed by atoms with Gasteiger partial charge in [-0.3, -0.25) is 0 Å². The predicted molar refractivity (Wildman–Crippen MR) is 59.1 cm³/mol. The maximum Gasteiger partial charge on any atom is 0.111 e. The first-order valence-corrected chi connectivity index (χ1v) is 4.73. The van der Waals surface area contributed by atoms with Gasteiger partial charge in [-0.15, -0.1) is 0 Å². The monoisotopic (exact) mass is 208 g/mol. The van der Waals surface area contributed by atoms with E-state index in [0.717, 1.165) is 11.1 Å². The van der Waals surface area contributed by atoms with Crippen LogP contribution in [0.15, 0.2) is 30.5 Å². The van der Waals surface area contributed by atoms with Crippen molar-refractivity contribution in [1.82, 2.24) is 0 Å². The van der Waals surface area contributed by atoms with Gasteiger partial charge < -0.3 is 4.74 Å². The van der Waals surface area contributed by atoms with Crippen LogP contribution in [0.1, 0.15) is 11.1 Å². The molecule has 1 aromatic carbocycles. The molecule has 15 heavy (non-hydrogen) atoms. The van der Waals surface area contributed by atoms with Crippen molar-refractivity contribution >= 4 is 5.57 Å². The zero-order valence-corrected chi connectivity index (χ0v) is 9.32. The lowest BCUT2D eigenvalue weighted by Gasteiger charge is -2.09. The van der Waals surface area contributed by atoms with Gasteiger partial charge in [0, 0.05) is 5.57 Å². The lowest BCUT2D eigenvalue weighted by molar-refractivity contribution is -0.261. The molecule has 0 saturated carbocycles. The van der Waals surface area contributed by atoms with Crippen molar-refractivity contribution in [3.63, 3.8) is 0 Å². The molecule has 0 N–H and O–H groups in total. The molecular formula is C12H16O3. The van der Waals surface area contributed by atoms with Crippen LogP contribution in [0.3, 0.4) is 0 Å². The van der Waals surface area contributed by atoms with Crippen LogP contribution in [-0.4, -0.2) is 20.8 Å². The van der Waals surface area contributed by atoms with Gasteiger partial charge in [0.15, 0.2) is 0 Å². The third-order valence-electron chi connectivity index (χ3n) is 2.08. The molecule has 0 heterocycles. The highest BCUT2D eigenvalue weighted by Gasteiger charge is 2.05. The van der Waals surface area contributed by atoms with Gasteiger partial charge in [-0.1, -0.05) is 24.3 Å². The Bertz CT molecular complexity index is 331. The average Bonchev–Trinajstić information content (AvgIpc) is 2.25. The summed E-state index contributed by atoms with van der Waals surface area (Å²) in [6.07, 6.45) is 1.67. The summed E-state index contributed by atoms with van der Waals surface area (Å²) in [5.74, 6) is 0. The lowest BCUT2D eigenvalue weighted by Crippen LogP contribution is -1.99. The summed E-state index contributed by atoms with van der Waals surface area (Å²) in [6.45, 7) is 2.42. The normalized spacial score (nSPS) is 11.5. The van der Waals surface area contributed by atoms with Crippen molar-refractivity contribution in [2.75, 3.05) is 20.8 Å². The van der Waals surface area contributed by atoms with Crippen molar-refractivity contribution < 1.29 is 14.5 Å².